The number of hydrogen-bond donors (Lipinski definition) is 0. The fourth-order valence-corrected chi connectivity index (χ4v) is 8.72. The lowest BCUT2D eigenvalue weighted by atomic mass is 9.12. The zero-order valence-electron chi connectivity index (χ0n) is 38.5. The van der Waals surface area contributed by atoms with E-state index in [0.29, 0.717) is 12.2 Å². The van der Waals surface area contributed by atoms with Gasteiger partial charge < -0.3 is 4.74 Å². The third-order valence-electron chi connectivity index (χ3n) is 12.2. The number of esters is 1. The molecule has 0 radical (unpaired) electrons. The fraction of sp³-hybridized carbons (Fsp3) is 0.286. The maximum Gasteiger partial charge on any atom is 0.416 e. The lowest BCUT2D eigenvalue weighted by Gasteiger charge is -2.46. The van der Waals surface area contributed by atoms with Gasteiger partial charge in [-0.1, -0.05) is 78.9 Å². The van der Waals surface area contributed by atoms with Crippen molar-refractivity contribution >= 4 is 34.0 Å². The van der Waals surface area contributed by atoms with E-state index in [-0.39, 0.29) is 12.1 Å². The van der Waals surface area contributed by atoms with Crippen molar-refractivity contribution in [2.24, 2.45) is 0 Å². The average molecular weight is 1150 g/mol. The molecule has 4 nitrogen and oxygen atoms in total. The molecule has 1 aliphatic rings. The summed E-state index contributed by atoms with van der Waals surface area (Å²) in [6.45, 7) is 0.715. The Morgan fingerprint density at radius 2 is 0.731 bits per heavy atom. The molecule has 0 unspecified atom stereocenters. The number of hydrogen-bond acceptors (Lipinski definition) is 3. The Balaban J connectivity index is 0.000000387. The SMILES string of the molecule is FC(F)(F)c1cc([B-](c2cc(C(F)(F)F)cc(C(F)(F)F)c2)(c2cc(C(F)(F)F)cc(C(F)(F)F)c2)c2cc(C(F)(F)F)cc(C(F)(F)F)c2)cc(C(F)(F)F)c1.O=C(OC1CCCC1)c1c[n+](Cc2ccccc2)ccn1. The Bertz CT molecular complexity index is 2670. The second-order valence-corrected chi connectivity index (χ2v) is 17.6. The summed E-state index contributed by atoms with van der Waals surface area (Å²) in [7, 11) is 0. The fourth-order valence-electron chi connectivity index (χ4n) is 8.72. The first-order chi connectivity index (χ1) is 35.6. The van der Waals surface area contributed by atoms with Crippen LogP contribution in [0.2, 0.25) is 0 Å². The van der Waals surface area contributed by atoms with Gasteiger partial charge in [0.25, 0.3) is 0 Å². The van der Waals surface area contributed by atoms with Crippen molar-refractivity contribution in [3.05, 3.63) is 177 Å². The number of carbonyl (C=O) groups excluding carboxylic acids is 1. The molecule has 78 heavy (non-hydrogen) atoms. The minimum Gasteiger partial charge on any atom is -0.457 e. The van der Waals surface area contributed by atoms with Crippen molar-refractivity contribution in [2.75, 3.05) is 0 Å². The van der Waals surface area contributed by atoms with E-state index in [1.165, 1.54) is 5.56 Å². The molecule has 0 spiro atoms. The first kappa shape index (κ1) is 60.3. The highest BCUT2D eigenvalue weighted by Crippen LogP contribution is 2.41. The molecule has 0 saturated heterocycles. The van der Waals surface area contributed by atoms with E-state index >= 15 is 0 Å². The zero-order chi connectivity index (χ0) is 58.4. The van der Waals surface area contributed by atoms with Gasteiger partial charge in [-0.25, -0.2) is 9.78 Å². The Morgan fingerprint density at radius 1 is 0.449 bits per heavy atom. The molecule has 0 aliphatic heterocycles. The van der Waals surface area contributed by atoms with E-state index in [4.69, 9.17) is 4.74 Å². The maximum absolute atomic E-state index is 14.2. The van der Waals surface area contributed by atoms with Crippen molar-refractivity contribution in [1.29, 1.82) is 0 Å². The molecule has 0 N–H and O–H groups in total. The largest absolute Gasteiger partial charge is 0.457 e. The number of halogens is 24. The number of ether oxygens (including phenoxy) is 1. The Labute approximate surface area is 423 Å². The second kappa shape index (κ2) is 21.3. The standard InChI is InChI=1S/C32H12BF24.C17H19N2O2/c34-25(35,36)13-1-14(26(37,38)39)6-21(5-13)33(22-7-15(27(40,41)42)2-16(8-22)28(43,44)45,23-9-17(29(46,47)48)3-18(10-23)30(49,50)51)24-11-19(31(52,53)54)4-20(12-24)32(55,56)57;20-17(21-15-8-4-5-9-15)16-13-19(11-10-18-16)12-14-6-2-1-3-7-14/h1-12H;1-3,6-7,10-11,13,15H,4-5,8-9,12H2/q-1;+1. The highest BCUT2D eigenvalue weighted by Gasteiger charge is 2.47. The highest BCUT2D eigenvalue weighted by atomic mass is 19.4. The normalized spacial score (nSPS) is 14.5. The van der Waals surface area contributed by atoms with Crippen LogP contribution in [0, 0.1) is 0 Å². The molecule has 29 heteroatoms. The molecule has 0 atom stereocenters. The van der Waals surface area contributed by atoms with Crippen LogP contribution in [-0.2, 0) is 60.7 Å². The van der Waals surface area contributed by atoms with E-state index in [1.54, 1.807) is 12.4 Å². The highest BCUT2D eigenvalue weighted by molar-refractivity contribution is 7.20. The minimum absolute atomic E-state index is 0.0714. The lowest BCUT2D eigenvalue weighted by Crippen LogP contribution is -2.75. The van der Waals surface area contributed by atoms with Crippen molar-refractivity contribution in [3.8, 4) is 0 Å². The number of rotatable bonds is 8. The van der Waals surface area contributed by atoms with Crippen molar-refractivity contribution in [2.45, 2.75) is 87.7 Å². The summed E-state index contributed by atoms with van der Waals surface area (Å²) in [5.41, 5.74) is -28.6. The van der Waals surface area contributed by atoms with E-state index in [0.717, 1.165) is 25.7 Å². The molecular formula is C49H31BF24N2O2. The van der Waals surface area contributed by atoms with Gasteiger partial charge in [0.15, 0.2) is 12.7 Å². The third-order valence-corrected chi connectivity index (χ3v) is 12.2. The third kappa shape index (κ3) is 14.2. The number of carbonyl (C=O) groups is 1. The predicted octanol–water partition coefficient (Wildman–Crippen LogP) is 13.7. The summed E-state index contributed by atoms with van der Waals surface area (Å²) in [5, 5.41) is 0. The van der Waals surface area contributed by atoms with Crippen molar-refractivity contribution < 1.29 is 119 Å². The molecule has 5 aromatic carbocycles. The second-order valence-electron chi connectivity index (χ2n) is 17.6. The van der Waals surface area contributed by atoms with E-state index in [9.17, 15) is 110 Å². The van der Waals surface area contributed by atoms with Crippen LogP contribution in [0.25, 0.3) is 0 Å². The quantitative estimate of drug-likeness (QED) is 0.0660. The summed E-state index contributed by atoms with van der Waals surface area (Å²) in [4.78, 5) is 16.2. The van der Waals surface area contributed by atoms with Gasteiger partial charge in [-0.05, 0) is 49.9 Å². The topological polar surface area (TPSA) is 43.1 Å². The van der Waals surface area contributed by atoms with Gasteiger partial charge in [-0.15, -0.1) is 0 Å². The molecule has 6 aromatic rings. The summed E-state index contributed by atoms with van der Waals surface area (Å²) in [5.74, 6) is -0.315. The summed E-state index contributed by atoms with van der Waals surface area (Å²) in [6, 6.07) is 1.31. The Hall–Kier alpha value is -6.97. The van der Waals surface area contributed by atoms with Gasteiger partial charge in [0, 0.05) is 5.56 Å². The van der Waals surface area contributed by atoms with Crippen LogP contribution < -0.4 is 26.4 Å². The Morgan fingerprint density at radius 3 is 1.00 bits per heavy atom. The molecule has 0 bridgehead atoms. The summed E-state index contributed by atoms with van der Waals surface area (Å²) in [6.07, 6.45) is -45.2. The average Bonchev–Trinajstić information content (AvgIpc) is 3.86. The van der Waals surface area contributed by atoms with Gasteiger partial charge in [0.05, 0.1) is 50.7 Å². The van der Waals surface area contributed by atoms with Crippen LogP contribution in [0.15, 0.2) is 122 Å². The predicted molar refractivity (Wildman–Crippen MR) is 228 cm³/mol. The number of alkyl halides is 24. The molecule has 420 valence electrons. The monoisotopic (exact) mass is 1150 g/mol. The van der Waals surface area contributed by atoms with Crippen molar-refractivity contribution in [1.82, 2.24) is 4.98 Å². The van der Waals surface area contributed by atoms with Gasteiger partial charge in [-0.2, -0.15) is 132 Å². The molecular weight excluding hydrogens is 1120 g/mol. The molecule has 1 aromatic heterocycles. The molecule has 7 rings (SSSR count). The van der Waals surface area contributed by atoms with Crippen LogP contribution in [0.4, 0.5) is 105 Å². The van der Waals surface area contributed by atoms with Gasteiger partial charge in [-0.3, -0.25) is 0 Å². The summed E-state index contributed by atoms with van der Waals surface area (Å²) < 4.78 is 348. The zero-order valence-corrected chi connectivity index (χ0v) is 38.5. The van der Waals surface area contributed by atoms with Gasteiger partial charge >= 0.3 is 55.4 Å². The van der Waals surface area contributed by atoms with Crippen LogP contribution >= 0.6 is 0 Å². The first-order valence-corrected chi connectivity index (χ1v) is 22.0. The summed E-state index contributed by atoms with van der Waals surface area (Å²) >= 11 is 0. The van der Waals surface area contributed by atoms with E-state index in [1.807, 2.05) is 29.0 Å². The van der Waals surface area contributed by atoms with Gasteiger partial charge in [0.2, 0.25) is 11.9 Å². The van der Waals surface area contributed by atoms with Crippen LogP contribution in [0.3, 0.4) is 0 Å². The molecule has 1 heterocycles. The Kier molecular flexibility index (Phi) is 16.5. The van der Waals surface area contributed by atoms with E-state index in [2.05, 4.69) is 17.1 Å². The molecule has 1 aliphatic carbocycles. The number of aromatic nitrogens is 2. The molecule has 0 amide bonds. The van der Waals surface area contributed by atoms with Gasteiger partial charge in [0.1, 0.15) is 12.2 Å². The number of benzene rings is 5. The van der Waals surface area contributed by atoms with Crippen LogP contribution in [0.5, 0.6) is 0 Å². The van der Waals surface area contributed by atoms with E-state index < -0.39 is 195 Å². The molecule has 1 saturated carbocycles. The lowest BCUT2D eigenvalue weighted by molar-refractivity contribution is -0.689. The molecule has 1 fully saturated rings. The van der Waals surface area contributed by atoms with Crippen LogP contribution in [-0.4, -0.2) is 23.2 Å². The van der Waals surface area contributed by atoms with Crippen LogP contribution in [0.1, 0.15) is 86.2 Å². The van der Waals surface area contributed by atoms with Crippen molar-refractivity contribution in [3.63, 3.8) is 0 Å². The minimum atomic E-state index is -6.13. The maximum atomic E-state index is 14.2. The first-order valence-electron chi connectivity index (χ1n) is 22.0. The smallest absolute Gasteiger partial charge is 0.416 e. The number of nitrogens with zero attached hydrogens (tertiary/aromatic N) is 2.